The van der Waals surface area contributed by atoms with Crippen molar-refractivity contribution < 1.29 is 23.1 Å². The monoisotopic (exact) mass is 370 g/mol. The SMILES string of the molecule is CC(C)Nc1ncc(-c2cc(N)cc(C(F)(F)F)c2)n(CC(=O)O)c1=O. The van der Waals surface area contributed by atoms with Gasteiger partial charge in [-0.3, -0.25) is 14.2 Å². The van der Waals surface area contributed by atoms with Crippen LogP contribution >= 0.6 is 0 Å². The van der Waals surface area contributed by atoms with Gasteiger partial charge in [-0.05, 0) is 32.0 Å². The van der Waals surface area contributed by atoms with Gasteiger partial charge in [0.05, 0.1) is 17.5 Å². The largest absolute Gasteiger partial charge is 0.480 e. The van der Waals surface area contributed by atoms with Gasteiger partial charge in [0.2, 0.25) is 0 Å². The number of carboxylic acid groups (broad SMARTS) is 1. The average molecular weight is 370 g/mol. The number of rotatable bonds is 5. The number of nitrogen functional groups attached to an aromatic ring is 1. The van der Waals surface area contributed by atoms with E-state index in [0.29, 0.717) is 0 Å². The molecule has 140 valence electrons. The lowest BCUT2D eigenvalue weighted by atomic mass is 10.1. The number of nitrogens with zero attached hydrogens (tertiary/aromatic N) is 2. The molecule has 0 saturated heterocycles. The summed E-state index contributed by atoms with van der Waals surface area (Å²) in [5, 5.41) is 11.8. The van der Waals surface area contributed by atoms with Gasteiger partial charge in [-0.1, -0.05) is 0 Å². The van der Waals surface area contributed by atoms with E-state index >= 15 is 0 Å². The van der Waals surface area contributed by atoms with Crippen molar-refractivity contribution in [2.75, 3.05) is 11.1 Å². The molecule has 1 aromatic carbocycles. The summed E-state index contributed by atoms with van der Waals surface area (Å²) in [6, 6.07) is 2.62. The first-order chi connectivity index (χ1) is 12.0. The predicted molar refractivity (Wildman–Crippen MR) is 89.7 cm³/mol. The number of aliphatic carboxylic acids is 1. The van der Waals surface area contributed by atoms with Gasteiger partial charge in [-0.2, -0.15) is 13.2 Å². The van der Waals surface area contributed by atoms with Crippen LogP contribution in [0.25, 0.3) is 11.3 Å². The third-order valence-corrected chi connectivity index (χ3v) is 3.35. The van der Waals surface area contributed by atoms with Crippen molar-refractivity contribution in [3.8, 4) is 11.3 Å². The van der Waals surface area contributed by atoms with Crippen molar-refractivity contribution >= 4 is 17.5 Å². The lowest BCUT2D eigenvalue weighted by Gasteiger charge is -2.16. The highest BCUT2D eigenvalue weighted by atomic mass is 19.4. The first kappa shape index (κ1) is 19.3. The van der Waals surface area contributed by atoms with Crippen molar-refractivity contribution in [3.63, 3.8) is 0 Å². The fraction of sp³-hybridized carbons (Fsp3) is 0.312. The lowest BCUT2D eigenvalue weighted by Crippen LogP contribution is -2.30. The lowest BCUT2D eigenvalue weighted by molar-refractivity contribution is -0.138. The fourth-order valence-corrected chi connectivity index (χ4v) is 2.35. The summed E-state index contributed by atoms with van der Waals surface area (Å²) in [4.78, 5) is 27.6. The summed E-state index contributed by atoms with van der Waals surface area (Å²) in [5.41, 5.74) is 3.47. The molecule has 2 aromatic rings. The van der Waals surface area contributed by atoms with E-state index in [1.165, 1.54) is 6.07 Å². The fourth-order valence-electron chi connectivity index (χ4n) is 2.35. The van der Waals surface area contributed by atoms with Crippen LogP contribution in [0.1, 0.15) is 19.4 Å². The van der Waals surface area contributed by atoms with Gasteiger partial charge in [-0.15, -0.1) is 0 Å². The highest BCUT2D eigenvalue weighted by Gasteiger charge is 2.31. The number of hydrogen-bond acceptors (Lipinski definition) is 5. The molecule has 0 unspecified atom stereocenters. The second-order valence-electron chi connectivity index (χ2n) is 5.92. The Morgan fingerprint density at radius 2 is 2.00 bits per heavy atom. The molecule has 26 heavy (non-hydrogen) atoms. The Morgan fingerprint density at radius 3 is 2.54 bits per heavy atom. The van der Waals surface area contributed by atoms with Crippen molar-refractivity contribution in [2.24, 2.45) is 0 Å². The number of anilines is 2. The number of carboxylic acids is 1. The number of benzene rings is 1. The minimum absolute atomic E-state index is 0.0562. The van der Waals surface area contributed by atoms with E-state index < -0.39 is 29.8 Å². The zero-order chi connectivity index (χ0) is 19.6. The molecule has 2 rings (SSSR count). The van der Waals surface area contributed by atoms with Crippen LogP contribution in [0.15, 0.2) is 29.2 Å². The van der Waals surface area contributed by atoms with Crippen LogP contribution in [0.3, 0.4) is 0 Å². The van der Waals surface area contributed by atoms with Gasteiger partial charge in [-0.25, -0.2) is 4.98 Å². The minimum atomic E-state index is -4.64. The maximum atomic E-state index is 13.0. The van der Waals surface area contributed by atoms with E-state index in [2.05, 4.69) is 10.3 Å². The molecule has 4 N–H and O–H groups in total. The maximum Gasteiger partial charge on any atom is 0.416 e. The Hall–Kier alpha value is -3.04. The maximum absolute atomic E-state index is 13.0. The Bertz CT molecular complexity index is 891. The minimum Gasteiger partial charge on any atom is -0.480 e. The molecule has 0 bridgehead atoms. The number of nitrogens with two attached hydrogens (primary N) is 1. The summed E-state index contributed by atoms with van der Waals surface area (Å²) in [6.07, 6.45) is -3.50. The molecular weight excluding hydrogens is 353 g/mol. The van der Waals surface area contributed by atoms with Crippen LogP contribution in [0.2, 0.25) is 0 Å². The highest BCUT2D eigenvalue weighted by Crippen LogP contribution is 2.34. The van der Waals surface area contributed by atoms with Crippen molar-refractivity contribution in [1.82, 2.24) is 9.55 Å². The Kier molecular flexibility index (Phi) is 5.24. The molecule has 1 heterocycles. The molecule has 0 aliphatic carbocycles. The van der Waals surface area contributed by atoms with Gasteiger partial charge in [0.25, 0.3) is 5.56 Å². The molecule has 0 aliphatic heterocycles. The molecule has 0 atom stereocenters. The van der Waals surface area contributed by atoms with Gasteiger partial charge in [0.1, 0.15) is 6.54 Å². The van der Waals surface area contributed by atoms with Crippen molar-refractivity contribution in [2.45, 2.75) is 32.6 Å². The third kappa shape index (κ3) is 4.32. The van der Waals surface area contributed by atoms with E-state index in [1.54, 1.807) is 13.8 Å². The van der Waals surface area contributed by atoms with E-state index in [0.717, 1.165) is 22.9 Å². The molecule has 0 spiro atoms. The average Bonchev–Trinajstić information content (AvgIpc) is 2.49. The summed E-state index contributed by atoms with van der Waals surface area (Å²) >= 11 is 0. The number of nitrogens with one attached hydrogen (secondary N) is 1. The van der Waals surface area contributed by atoms with Crippen LogP contribution in [0.4, 0.5) is 24.7 Å². The summed E-state index contributed by atoms with van der Waals surface area (Å²) < 4.78 is 39.9. The highest BCUT2D eigenvalue weighted by molar-refractivity contribution is 5.71. The number of aromatic nitrogens is 2. The summed E-state index contributed by atoms with van der Waals surface area (Å²) in [7, 11) is 0. The third-order valence-electron chi connectivity index (χ3n) is 3.35. The van der Waals surface area contributed by atoms with Crippen LogP contribution in [0, 0.1) is 0 Å². The summed E-state index contributed by atoms with van der Waals surface area (Å²) in [5.74, 6) is -1.42. The molecule has 0 aliphatic rings. The van der Waals surface area contributed by atoms with E-state index in [9.17, 15) is 22.8 Å². The molecule has 0 amide bonds. The van der Waals surface area contributed by atoms with E-state index in [1.807, 2.05) is 0 Å². The first-order valence-corrected chi connectivity index (χ1v) is 7.55. The van der Waals surface area contributed by atoms with Crippen LogP contribution in [-0.4, -0.2) is 26.7 Å². The number of carbonyl (C=O) groups is 1. The topological polar surface area (TPSA) is 110 Å². The van der Waals surface area contributed by atoms with Gasteiger partial charge in [0.15, 0.2) is 5.82 Å². The second-order valence-corrected chi connectivity index (χ2v) is 5.92. The quantitative estimate of drug-likeness (QED) is 0.697. The first-order valence-electron chi connectivity index (χ1n) is 7.55. The molecule has 10 heteroatoms. The summed E-state index contributed by atoms with van der Waals surface area (Å²) in [6.45, 7) is 2.77. The number of hydrogen-bond donors (Lipinski definition) is 3. The Morgan fingerprint density at radius 1 is 1.35 bits per heavy atom. The molecular formula is C16H17F3N4O3. The normalized spacial score (nSPS) is 11.6. The molecule has 1 aromatic heterocycles. The van der Waals surface area contributed by atoms with Crippen LogP contribution in [-0.2, 0) is 17.5 Å². The standard InChI is InChI=1S/C16H17F3N4O3/c1-8(2)22-14-15(26)23(7-13(24)25)12(6-21-14)9-3-10(16(17,18)19)5-11(20)4-9/h3-6,8H,7,20H2,1-2H3,(H,21,22)(H,24,25). The van der Waals surface area contributed by atoms with Crippen molar-refractivity contribution in [3.05, 3.63) is 40.3 Å². The Labute approximate surface area is 146 Å². The smallest absolute Gasteiger partial charge is 0.416 e. The molecule has 0 radical (unpaired) electrons. The van der Waals surface area contributed by atoms with Crippen LogP contribution in [0.5, 0.6) is 0 Å². The van der Waals surface area contributed by atoms with E-state index in [-0.39, 0.29) is 28.8 Å². The second kappa shape index (κ2) is 7.06. The van der Waals surface area contributed by atoms with Gasteiger partial charge < -0.3 is 16.2 Å². The predicted octanol–water partition coefficient (Wildman–Crippen LogP) is 2.42. The zero-order valence-electron chi connectivity index (χ0n) is 14.0. The Balaban J connectivity index is 2.69. The molecule has 0 saturated carbocycles. The van der Waals surface area contributed by atoms with Crippen molar-refractivity contribution in [1.29, 1.82) is 0 Å². The zero-order valence-corrected chi connectivity index (χ0v) is 14.0. The molecule has 7 nitrogen and oxygen atoms in total. The van der Waals surface area contributed by atoms with Gasteiger partial charge in [0, 0.05) is 17.3 Å². The number of alkyl halides is 3. The van der Waals surface area contributed by atoms with Crippen LogP contribution < -0.4 is 16.6 Å². The molecule has 0 fully saturated rings. The number of halogens is 3. The van der Waals surface area contributed by atoms with E-state index in [4.69, 9.17) is 10.8 Å². The van der Waals surface area contributed by atoms with Gasteiger partial charge >= 0.3 is 12.1 Å².